The summed E-state index contributed by atoms with van der Waals surface area (Å²) in [4.78, 5) is 16.1. The molecule has 0 fully saturated rings. The second kappa shape index (κ2) is 18.2. The van der Waals surface area contributed by atoms with Crippen molar-refractivity contribution in [3.8, 4) is 95.5 Å². The standard InChI is InChI=1S/C69H44N4S/c1-5-18-45(19-6-1)49-34-36-62-61(43-49)66-58(31-17-32-63(66)73(62)57-28-11-4-12-29-57)50-25-16-27-52(39-50)68-70-67(71-69(72-68)53-35-37-65-60(44-53)59-30-13-14-33-64(59)74-65)51-26-15-24-48(38-51)56-41-54(46-20-7-2-8-21-46)40-55(42-56)47-22-9-3-10-23-47/h1-44H. The zero-order valence-electron chi connectivity index (χ0n) is 40.1. The predicted molar refractivity (Wildman–Crippen MR) is 311 cm³/mol. The third-order valence-electron chi connectivity index (χ3n) is 14.2. The molecule has 14 aromatic rings. The Kier molecular flexibility index (Phi) is 10.7. The Labute approximate surface area is 432 Å². The van der Waals surface area contributed by atoms with Crippen molar-refractivity contribution >= 4 is 53.3 Å². The van der Waals surface area contributed by atoms with E-state index in [2.05, 4.69) is 271 Å². The molecule has 0 spiro atoms. The number of hydrogen-bond donors (Lipinski definition) is 0. The molecule has 0 saturated heterocycles. The van der Waals surface area contributed by atoms with Gasteiger partial charge in [0.2, 0.25) is 0 Å². The molecule has 4 nitrogen and oxygen atoms in total. The molecule has 0 amide bonds. The fraction of sp³-hybridized carbons (Fsp3) is 0. The zero-order valence-corrected chi connectivity index (χ0v) is 40.9. The number of para-hydroxylation sites is 1. The van der Waals surface area contributed by atoms with Crippen LogP contribution in [0.5, 0.6) is 0 Å². The maximum Gasteiger partial charge on any atom is 0.164 e. The summed E-state index contributed by atoms with van der Waals surface area (Å²) in [7, 11) is 0. The van der Waals surface area contributed by atoms with Gasteiger partial charge in [-0.1, -0.05) is 182 Å². The Bertz CT molecular complexity index is 4350. The van der Waals surface area contributed by atoms with Crippen LogP contribution in [0.25, 0.3) is 137 Å². The molecule has 0 saturated carbocycles. The lowest BCUT2D eigenvalue weighted by molar-refractivity contribution is 1.07. The Morgan fingerprint density at radius 1 is 0.257 bits per heavy atom. The van der Waals surface area contributed by atoms with Crippen molar-refractivity contribution in [3.05, 3.63) is 267 Å². The van der Waals surface area contributed by atoms with E-state index in [-0.39, 0.29) is 0 Å². The quantitative estimate of drug-likeness (QED) is 0.145. The molecule has 11 aromatic carbocycles. The number of fused-ring (bicyclic) bond motifs is 6. The summed E-state index contributed by atoms with van der Waals surface area (Å²) in [6, 6.07) is 95.5. The zero-order chi connectivity index (χ0) is 49.0. The van der Waals surface area contributed by atoms with Crippen molar-refractivity contribution in [1.82, 2.24) is 19.5 Å². The molecule has 3 heterocycles. The van der Waals surface area contributed by atoms with Crippen LogP contribution in [-0.2, 0) is 0 Å². The van der Waals surface area contributed by atoms with E-state index in [9.17, 15) is 0 Å². The van der Waals surface area contributed by atoms with Crippen LogP contribution in [0.15, 0.2) is 267 Å². The van der Waals surface area contributed by atoms with E-state index < -0.39 is 0 Å². The number of aromatic nitrogens is 4. The summed E-state index contributed by atoms with van der Waals surface area (Å²) in [6.07, 6.45) is 0. The van der Waals surface area contributed by atoms with Gasteiger partial charge in [0.1, 0.15) is 0 Å². The van der Waals surface area contributed by atoms with Gasteiger partial charge in [0.25, 0.3) is 0 Å². The molecule has 3 aromatic heterocycles. The average Bonchev–Trinajstić information content (AvgIpc) is 4.05. The van der Waals surface area contributed by atoms with Crippen LogP contribution < -0.4 is 0 Å². The minimum atomic E-state index is 0.607. The van der Waals surface area contributed by atoms with Crippen molar-refractivity contribution in [2.24, 2.45) is 0 Å². The van der Waals surface area contributed by atoms with Crippen molar-refractivity contribution in [1.29, 1.82) is 0 Å². The van der Waals surface area contributed by atoms with Gasteiger partial charge >= 0.3 is 0 Å². The van der Waals surface area contributed by atoms with Gasteiger partial charge in [0.05, 0.1) is 11.0 Å². The molecule has 0 unspecified atom stereocenters. The molecule has 0 aliphatic rings. The van der Waals surface area contributed by atoms with Gasteiger partial charge in [-0.2, -0.15) is 0 Å². The number of hydrogen-bond acceptors (Lipinski definition) is 4. The van der Waals surface area contributed by atoms with Gasteiger partial charge in [-0.05, 0) is 141 Å². The monoisotopic (exact) mass is 960 g/mol. The van der Waals surface area contributed by atoms with Crippen molar-refractivity contribution in [3.63, 3.8) is 0 Å². The Balaban J connectivity index is 0.942. The highest BCUT2D eigenvalue weighted by atomic mass is 32.1. The molecule has 0 N–H and O–H groups in total. The SMILES string of the molecule is c1ccc(-c2cc(-c3ccccc3)cc(-c3cccc(-c4nc(-c5cccc(-c6cccc7c6c6cc(-c8ccccc8)ccc6n7-c6ccccc6)c5)nc(-c5ccc6sc7ccccc7c6c5)n4)c3)c2)cc1. The summed E-state index contributed by atoms with van der Waals surface area (Å²) in [6.45, 7) is 0. The normalized spacial score (nSPS) is 11.5. The highest BCUT2D eigenvalue weighted by Gasteiger charge is 2.20. The lowest BCUT2D eigenvalue weighted by atomic mass is 9.93. The molecule has 0 bridgehead atoms. The van der Waals surface area contributed by atoms with Gasteiger partial charge in [0.15, 0.2) is 17.5 Å². The first-order valence-electron chi connectivity index (χ1n) is 25.0. The highest BCUT2D eigenvalue weighted by Crippen LogP contribution is 2.42. The number of nitrogens with zero attached hydrogens (tertiary/aromatic N) is 4. The van der Waals surface area contributed by atoms with Crippen LogP contribution in [0.1, 0.15) is 0 Å². The Morgan fingerprint density at radius 2 is 0.689 bits per heavy atom. The molecule has 5 heteroatoms. The van der Waals surface area contributed by atoms with Crippen LogP contribution in [0.2, 0.25) is 0 Å². The first kappa shape index (κ1) is 43.3. The molecule has 14 rings (SSSR count). The van der Waals surface area contributed by atoms with Crippen molar-refractivity contribution in [2.75, 3.05) is 0 Å². The lowest BCUT2D eigenvalue weighted by Crippen LogP contribution is -2.00. The summed E-state index contributed by atoms with van der Waals surface area (Å²) < 4.78 is 4.88. The average molecular weight is 961 g/mol. The van der Waals surface area contributed by atoms with Crippen LogP contribution in [0.3, 0.4) is 0 Å². The Morgan fingerprint density at radius 3 is 1.34 bits per heavy atom. The van der Waals surface area contributed by atoms with Gasteiger partial charge in [-0.3, -0.25) is 0 Å². The molecule has 0 aliphatic carbocycles. The summed E-state index contributed by atoms with van der Waals surface area (Å²) in [5.74, 6) is 1.84. The maximum absolute atomic E-state index is 5.38. The minimum absolute atomic E-state index is 0.607. The van der Waals surface area contributed by atoms with E-state index in [1.807, 2.05) is 11.3 Å². The molecule has 0 aliphatic heterocycles. The van der Waals surface area contributed by atoms with Crippen LogP contribution in [0, 0.1) is 0 Å². The first-order valence-corrected chi connectivity index (χ1v) is 25.8. The van der Waals surface area contributed by atoms with Crippen LogP contribution >= 0.6 is 11.3 Å². The molecular formula is C69H44N4S. The predicted octanol–water partition coefficient (Wildman–Crippen LogP) is 18.7. The van der Waals surface area contributed by atoms with E-state index in [0.29, 0.717) is 17.5 Å². The first-order chi connectivity index (χ1) is 36.6. The van der Waals surface area contributed by atoms with Gasteiger partial charge in [-0.15, -0.1) is 11.3 Å². The lowest BCUT2D eigenvalue weighted by Gasteiger charge is -2.13. The van der Waals surface area contributed by atoms with E-state index in [0.717, 1.165) is 66.8 Å². The fourth-order valence-electron chi connectivity index (χ4n) is 10.7. The van der Waals surface area contributed by atoms with E-state index in [1.165, 1.54) is 53.2 Å². The largest absolute Gasteiger partial charge is 0.309 e. The maximum atomic E-state index is 5.38. The van der Waals surface area contributed by atoms with Crippen LogP contribution in [-0.4, -0.2) is 19.5 Å². The Hall–Kier alpha value is -9.55. The molecular weight excluding hydrogens is 917 g/mol. The van der Waals surface area contributed by atoms with Crippen molar-refractivity contribution < 1.29 is 0 Å². The summed E-state index contributed by atoms with van der Waals surface area (Å²) in [5.41, 5.74) is 17.6. The van der Waals surface area contributed by atoms with Crippen LogP contribution in [0.4, 0.5) is 0 Å². The summed E-state index contributed by atoms with van der Waals surface area (Å²) >= 11 is 1.81. The van der Waals surface area contributed by atoms with Gasteiger partial charge in [-0.25, -0.2) is 15.0 Å². The molecule has 74 heavy (non-hydrogen) atoms. The number of thiophene rings is 1. The summed E-state index contributed by atoms with van der Waals surface area (Å²) in [5, 5.41) is 4.81. The third kappa shape index (κ3) is 7.84. The van der Waals surface area contributed by atoms with Gasteiger partial charge in [0, 0.05) is 53.3 Å². The van der Waals surface area contributed by atoms with Crippen molar-refractivity contribution in [2.45, 2.75) is 0 Å². The molecule has 0 radical (unpaired) electrons. The smallest absolute Gasteiger partial charge is 0.164 e. The minimum Gasteiger partial charge on any atom is -0.309 e. The van der Waals surface area contributed by atoms with E-state index in [1.54, 1.807) is 0 Å². The fourth-order valence-corrected chi connectivity index (χ4v) is 11.7. The second-order valence-electron chi connectivity index (χ2n) is 18.8. The van der Waals surface area contributed by atoms with E-state index in [4.69, 9.17) is 15.0 Å². The van der Waals surface area contributed by atoms with E-state index >= 15 is 0 Å². The molecule has 0 atom stereocenters. The highest BCUT2D eigenvalue weighted by molar-refractivity contribution is 7.25. The molecule has 346 valence electrons. The third-order valence-corrected chi connectivity index (χ3v) is 15.4. The second-order valence-corrected chi connectivity index (χ2v) is 19.9. The topological polar surface area (TPSA) is 43.6 Å². The number of benzene rings is 11. The van der Waals surface area contributed by atoms with Gasteiger partial charge < -0.3 is 4.57 Å². The number of rotatable bonds is 9.